The molecule has 2 nitrogen and oxygen atoms in total. The van der Waals surface area contributed by atoms with E-state index in [1.165, 1.54) is 12.8 Å². The van der Waals surface area contributed by atoms with Crippen LogP contribution in [0.3, 0.4) is 0 Å². The Morgan fingerprint density at radius 1 is 1.25 bits per heavy atom. The molecule has 71 valence electrons. The Bertz CT molecular complexity index is 104. The lowest BCUT2D eigenvalue weighted by Gasteiger charge is -2.09. The van der Waals surface area contributed by atoms with Crippen molar-refractivity contribution in [3.05, 3.63) is 0 Å². The fourth-order valence-corrected chi connectivity index (χ4v) is 1.21. The first-order valence-electron chi connectivity index (χ1n) is 4.91. The van der Waals surface area contributed by atoms with Gasteiger partial charge < -0.3 is 5.73 Å². The van der Waals surface area contributed by atoms with Crippen LogP contribution in [-0.2, 0) is 4.79 Å². The number of hydrogen-bond acceptors (Lipinski definition) is 2. The van der Waals surface area contributed by atoms with Crippen molar-refractivity contribution in [1.82, 2.24) is 0 Å². The molecule has 0 aromatic rings. The first-order chi connectivity index (χ1) is 5.81. The van der Waals surface area contributed by atoms with Crippen molar-refractivity contribution in [3.63, 3.8) is 0 Å². The van der Waals surface area contributed by atoms with Gasteiger partial charge in [0.15, 0.2) is 6.29 Å². The second-order valence-corrected chi connectivity index (χ2v) is 3.29. The number of hydrogen-bond donors (Lipinski definition) is 1. The smallest absolute Gasteiger partial charge is 0.198 e. The molecule has 1 unspecified atom stereocenters. The molecule has 2 N–H and O–H groups in total. The second-order valence-electron chi connectivity index (χ2n) is 3.29. The molecule has 0 aliphatic heterocycles. The topological polar surface area (TPSA) is 43.1 Å². The minimum atomic E-state index is 0.344. The highest BCUT2D eigenvalue weighted by molar-refractivity contribution is 5.50. The summed E-state index contributed by atoms with van der Waals surface area (Å²) in [6.45, 7) is 2.17. The Hall–Kier alpha value is -0.370. The highest BCUT2D eigenvalue weighted by atomic mass is 16.1. The lowest BCUT2D eigenvalue weighted by Crippen LogP contribution is -2.19. The van der Waals surface area contributed by atoms with Crippen LogP contribution in [0, 0.1) is 0 Å². The average molecular weight is 170 g/mol. The van der Waals surface area contributed by atoms with Crippen molar-refractivity contribution in [2.75, 3.05) is 0 Å². The van der Waals surface area contributed by atoms with Gasteiger partial charge in [-0.3, -0.25) is 4.79 Å². The van der Waals surface area contributed by atoms with Crippen molar-refractivity contribution in [2.24, 2.45) is 5.73 Å². The van der Waals surface area contributed by atoms with Gasteiger partial charge in [0.2, 0.25) is 0 Å². The molecular formula is C10H20NO. The zero-order chi connectivity index (χ0) is 9.23. The Kier molecular flexibility index (Phi) is 8.46. The molecule has 0 aliphatic carbocycles. The summed E-state index contributed by atoms with van der Waals surface area (Å²) < 4.78 is 0. The SMILES string of the molecule is CCCCC(N)CCCC[C]=O. The maximum Gasteiger partial charge on any atom is 0.198 e. The molecule has 0 saturated heterocycles. The molecule has 0 fully saturated rings. The first kappa shape index (κ1) is 11.6. The molecule has 0 amide bonds. The molecule has 0 rings (SSSR count). The standard InChI is InChI=1S/C10H20NO/c1-2-3-7-10(11)8-5-4-6-9-12/h10H,2-8,11H2,1H3. The van der Waals surface area contributed by atoms with Crippen molar-refractivity contribution in [1.29, 1.82) is 0 Å². The minimum absolute atomic E-state index is 0.344. The molecule has 0 saturated carbocycles. The van der Waals surface area contributed by atoms with E-state index < -0.39 is 0 Å². The summed E-state index contributed by atoms with van der Waals surface area (Å²) in [6, 6.07) is 0.344. The van der Waals surface area contributed by atoms with Gasteiger partial charge in [0, 0.05) is 12.5 Å². The van der Waals surface area contributed by atoms with Crippen LogP contribution >= 0.6 is 0 Å². The summed E-state index contributed by atoms with van der Waals surface area (Å²) in [5.41, 5.74) is 5.84. The van der Waals surface area contributed by atoms with E-state index in [-0.39, 0.29) is 0 Å². The number of carbonyl (C=O) groups excluding carboxylic acids is 1. The number of unbranched alkanes of at least 4 members (excludes halogenated alkanes) is 3. The highest BCUT2D eigenvalue weighted by Gasteiger charge is 2.00. The van der Waals surface area contributed by atoms with E-state index in [0.717, 1.165) is 25.7 Å². The zero-order valence-corrected chi connectivity index (χ0v) is 8.01. The molecule has 12 heavy (non-hydrogen) atoms. The van der Waals surface area contributed by atoms with Crippen LogP contribution in [0.25, 0.3) is 0 Å². The molecule has 0 bridgehead atoms. The van der Waals surface area contributed by atoms with Crippen LogP contribution in [0.4, 0.5) is 0 Å². The van der Waals surface area contributed by atoms with Gasteiger partial charge in [0.1, 0.15) is 0 Å². The normalized spacial score (nSPS) is 12.8. The molecule has 0 aromatic heterocycles. The van der Waals surface area contributed by atoms with Gasteiger partial charge in [-0.25, -0.2) is 0 Å². The van der Waals surface area contributed by atoms with E-state index in [4.69, 9.17) is 5.73 Å². The lowest BCUT2D eigenvalue weighted by atomic mass is 10.0. The lowest BCUT2D eigenvalue weighted by molar-refractivity contribution is 0.508. The third-order valence-electron chi connectivity index (χ3n) is 2.03. The predicted molar refractivity (Wildman–Crippen MR) is 51.7 cm³/mol. The third-order valence-corrected chi connectivity index (χ3v) is 2.03. The predicted octanol–water partition coefficient (Wildman–Crippen LogP) is 2.17. The van der Waals surface area contributed by atoms with E-state index in [0.29, 0.717) is 12.5 Å². The van der Waals surface area contributed by atoms with Gasteiger partial charge in [-0.1, -0.05) is 26.2 Å². The minimum Gasteiger partial charge on any atom is -0.328 e. The summed E-state index contributed by atoms with van der Waals surface area (Å²) >= 11 is 0. The zero-order valence-electron chi connectivity index (χ0n) is 8.01. The fourth-order valence-electron chi connectivity index (χ4n) is 1.21. The second kappa shape index (κ2) is 8.72. The van der Waals surface area contributed by atoms with E-state index in [1.807, 2.05) is 6.29 Å². The Morgan fingerprint density at radius 3 is 2.50 bits per heavy atom. The molecular weight excluding hydrogens is 150 g/mol. The average Bonchev–Trinajstić information content (AvgIpc) is 2.09. The van der Waals surface area contributed by atoms with Gasteiger partial charge in [0.25, 0.3) is 0 Å². The van der Waals surface area contributed by atoms with Crippen molar-refractivity contribution in [3.8, 4) is 0 Å². The third kappa shape index (κ3) is 7.73. The van der Waals surface area contributed by atoms with Crippen LogP contribution in [0.5, 0.6) is 0 Å². The molecule has 0 spiro atoms. The molecule has 1 atom stereocenters. The quantitative estimate of drug-likeness (QED) is 0.567. The van der Waals surface area contributed by atoms with Crippen LogP contribution in [0.15, 0.2) is 0 Å². The Balaban J connectivity index is 3.07. The van der Waals surface area contributed by atoms with Crippen LogP contribution < -0.4 is 5.73 Å². The number of rotatable bonds is 8. The van der Waals surface area contributed by atoms with Gasteiger partial charge in [-0.15, -0.1) is 0 Å². The molecule has 0 aromatic carbocycles. The van der Waals surface area contributed by atoms with Gasteiger partial charge in [-0.05, 0) is 19.3 Å². The van der Waals surface area contributed by atoms with E-state index in [1.54, 1.807) is 0 Å². The van der Waals surface area contributed by atoms with Gasteiger partial charge in [-0.2, -0.15) is 0 Å². The fraction of sp³-hybridized carbons (Fsp3) is 0.900. The monoisotopic (exact) mass is 170 g/mol. The highest BCUT2D eigenvalue weighted by Crippen LogP contribution is 2.06. The van der Waals surface area contributed by atoms with Crippen molar-refractivity contribution in [2.45, 2.75) is 57.9 Å². The summed E-state index contributed by atoms with van der Waals surface area (Å²) in [4.78, 5) is 9.87. The van der Waals surface area contributed by atoms with E-state index in [2.05, 4.69) is 6.92 Å². The Labute approximate surface area is 75.5 Å². The molecule has 0 heterocycles. The summed E-state index contributed by atoms with van der Waals surface area (Å²) in [6.07, 6.45) is 9.11. The summed E-state index contributed by atoms with van der Waals surface area (Å²) in [7, 11) is 0. The van der Waals surface area contributed by atoms with Gasteiger partial charge >= 0.3 is 0 Å². The van der Waals surface area contributed by atoms with E-state index >= 15 is 0 Å². The van der Waals surface area contributed by atoms with Crippen molar-refractivity contribution < 1.29 is 4.79 Å². The largest absolute Gasteiger partial charge is 0.328 e. The molecule has 2 heteroatoms. The van der Waals surface area contributed by atoms with Crippen LogP contribution in [0.2, 0.25) is 0 Å². The summed E-state index contributed by atoms with van der Waals surface area (Å²) in [5.74, 6) is 0. The summed E-state index contributed by atoms with van der Waals surface area (Å²) in [5, 5.41) is 0. The maximum atomic E-state index is 9.87. The van der Waals surface area contributed by atoms with Gasteiger partial charge in [0.05, 0.1) is 0 Å². The maximum absolute atomic E-state index is 9.87. The molecule has 0 aliphatic rings. The van der Waals surface area contributed by atoms with E-state index in [9.17, 15) is 4.79 Å². The van der Waals surface area contributed by atoms with Crippen LogP contribution in [-0.4, -0.2) is 12.3 Å². The molecule has 1 radical (unpaired) electrons. The number of nitrogens with two attached hydrogens (primary N) is 1. The van der Waals surface area contributed by atoms with Crippen LogP contribution in [0.1, 0.15) is 51.9 Å². The Morgan fingerprint density at radius 2 is 1.92 bits per heavy atom. The van der Waals surface area contributed by atoms with Crippen molar-refractivity contribution >= 4 is 6.29 Å². The first-order valence-corrected chi connectivity index (χ1v) is 4.91.